The van der Waals surface area contributed by atoms with E-state index in [4.69, 9.17) is 11.5 Å². The molecule has 0 unspecified atom stereocenters. The number of nitrogens with zero attached hydrogens (tertiary/aromatic N) is 2. The number of nitrogens with two attached hydrogens (primary N) is 2. The van der Waals surface area contributed by atoms with Crippen molar-refractivity contribution in [2.24, 2.45) is 10.2 Å². The van der Waals surface area contributed by atoms with Crippen LogP contribution in [0.15, 0.2) is 52.7 Å². The number of hydrogen-bond acceptors (Lipinski definition) is 4. The summed E-state index contributed by atoms with van der Waals surface area (Å²) in [6, 6.07) is 9.20. The van der Waals surface area contributed by atoms with Gasteiger partial charge in [-0.2, -0.15) is 18.3 Å². The molecule has 21 heavy (non-hydrogen) atoms. The third-order valence-electron chi connectivity index (χ3n) is 2.50. The molecule has 0 saturated heterocycles. The number of rotatable bonds is 2. The van der Waals surface area contributed by atoms with Crippen molar-refractivity contribution in [1.29, 1.82) is 0 Å². The van der Waals surface area contributed by atoms with E-state index in [-0.39, 0.29) is 24.5 Å². The Morgan fingerprint density at radius 3 is 2.24 bits per heavy atom. The summed E-state index contributed by atoms with van der Waals surface area (Å²) >= 11 is 0. The van der Waals surface area contributed by atoms with Crippen LogP contribution in [0.5, 0.6) is 0 Å². The third-order valence-corrected chi connectivity index (χ3v) is 2.50. The molecule has 8 heteroatoms. The first-order chi connectivity index (χ1) is 9.36. The van der Waals surface area contributed by atoms with Crippen molar-refractivity contribution < 1.29 is 13.2 Å². The van der Waals surface area contributed by atoms with Crippen LogP contribution in [0.2, 0.25) is 0 Å². The molecule has 0 aliphatic heterocycles. The summed E-state index contributed by atoms with van der Waals surface area (Å²) in [6.07, 6.45) is -4.41. The molecule has 0 heterocycles. The second-order valence-electron chi connectivity index (χ2n) is 4.07. The third kappa shape index (κ3) is 4.51. The van der Waals surface area contributed by atoms with E-state index < -0.39 is 11.7 Å². The summed E-state index contributed by atoms with van der Waals surface area (Å²) < 4.78 is 37.6. The van der Waals surface area contributed by atoms with Gasteiger partial charge in [-0.3, -0.25) is 0 Å². The van der Waals surface area contributed by atoms with Crippen molar-refractivity contribution in [2.75, 3.05) is 11.5 Å². The van der Waals surface area contributed by atoms with E-state index in [0.29, 0.717) is 17.1 Å². The Morgan fingerprint density at radius 2 is 1.62 bits per heavy atom. The molecule has 0 saturated carbocycles. The zero-order valence-electron chi connectivity index (χ0n) is 10.2. The van der Waals surface area contributed by atoms with Crippen molar-refractivity contribution in [3.8, 4) is 0 Å². The van der Waals surface area contributed by atoms with E-state index in [1.54, 1.807) is 12.1 Å². The second kappa shape index (κ2) is 6.65. The van der Waals surface area contributed by atoms with E-state index >= 15 is 0 Å². The monoisotopic (exact) mass is 288 g/mol. The van der Waals surface area contributed by atoms with Crippen molar-refractivity contribution in [3.63, 3.8) is 0 Å². The van der Waals surface area contributed by atoms with Crippen LogP contribution in [0, 0.1) is 0 Å². The van der Waals surface area contributed by atoms with Gasteiger partial charge in [0.15, 0.2) is 0 Å². The van der Waals surface area contributed by atoms with Gasteiger partial charge in [-0.1, -0.05) is 6.07 Å². The van der Waals surface area contributed by atoms with Crippen LogP contribution in [0.1, 0.15) is 5.56 Å². The van der Waals surface area contributed by atoms with Gasteiger partial charge in [-0.05, 0) is 36.4 Å². The number of anilines is 2. The van der Waals surface area contributed by atoms with Gasteiger partial charge in [-0.25, -0.2) is 0 Å². The van der Waals surface area contributed by atoms with Gasteiger partial charge in [0.05, 0.1) is 16.9 Å². The Kier molecular flexibility index (Phi) is 5.41. The molecule has 0 fully saturated rings. The Morgan fingerprint density at radius 1 is 0.905 bits per heavy atom. The molecule has 4 nitrogen and oxygen atoms in total. The normalized spacial score (nSPS) is 11.4. The van der Waals surface area contributed by atoms with Crippen LogP contribution in [-0.2, 0) is 6.18 Å². The molecule has 4 N–H and O–H groups in total. The molecule has 0 bridgehead atoms. The zero-order chi connectivity index (χ0) is 14.8. The minimum absolute atomic E-state index is 0. The Hall–Kier alpha value is -1.97. The van der Waals surface area contributed by atoms with Crippen LogP contribution < -0.4 is 11.5 Å². The van der Waals surface area contributed by atoms with Gasteiger partial charge in [0.2, 0.25) is 0 Å². The Balaban J connectivity index is 0.00000220. The first-order valence-electron chi connectivity index (χ1n) is 5.60. The maximum absolute atomic E-state index is 12.5. The molecule has 106 valence electrons. The zero-order valence-corrected chi connectivity index (χ0v) is 10.2. The summed E-state index contributed by atoms with van der Waals surface area (Å²) in [5.41, 5.74) is 11.6. The van der Waals surface area contributed by atoms with E-state index in [1.165, 1.54) is 18.2 Å². The Bertz CT molecular complexity index is 656. The number of alkyl halides is 3. The van der Waals surface area contributed by atoms with Crippen LogP contribution in [-0.4, -0.2) is 18.9 Å². The molecule has 2 aromatic rings. The summed E-state index contributed by atoms with van der Waals surface area (Å²) in [6.45, 7) is 0. The van der Waals surface area contributed by atoms with Gasteiger partial charge in [0.25, 0.3) is 0 Å². The van der Waals surface area contributed by atoms with Crippen molar-refractivity contribution in [1.82, 2.24) is 0 Å². The first-order valence-corrected chi connectivity index (χ1v) is 5.60. The number of nitrogen functional groups attached to an aromatic ring is 2. The minimum atomic E-state index is -4.41. The van der Waals surface area contributed by atoms with Crippen molar-refractivity contribution in [2.45, 2.75) is 6.18 Å². The average Bonchev–Trinajstić information content (AvgIpc) is 2.37. The van der Waals surface area contributed by atoms with Gasteiger partial charge in [-0.15, -0.1) is 5.11 Å². The second-order valence-corrected chi connectivity index (χ2v) is 4.07. The molecule has 2 rings (SSSR count). The summed E-state index contributed by atoms with van der Waals surface area (Å²) in [7, 11) is 0. The molecule has 0 amide bonds. The van der Waals surface area contributed by atoms with Gasteiger partial charge >= 0.3 is 25.0 Å². The van der Waals surface area contributed by atoms with Gasteiger partial charge < -0.3 is 11.5 Å². The fourth-order valence-corrected chi connectivity index (χ4v) is 1.52. The van der Waals surface area contributed by atoms with Crippen LogP contribution in [0.3, 0.4) is 0 Å². The summed E-state index contributed by atoms with van der Waals surface area (Å²) in [5, 5.41) is 7.56. The Labute approximate surface area is 131 Å². The molecule has 2 aromatic carbocycles. The molecule has 0 aromatic heterocycles. The van der Waals surface area contributed by atoms with Crippen molar-refractivity contribution >= 4 is 41.6 Å². The van der Waals surface area contributed by atoms with Crippen LogP contribution >= 0.6 is 0 Å². The number of hydrogen-bond donors (Lipinski definition) is 2. The van der Waals surface area contributed by atoms with E-state index in [2.05, 4.69) is 10.2 Å². The van der Waals surface area contributed by atoms with Crippen molar-refractivity contribution in [3.05, 3.63) is 48.0 Å². The first kappa shape index (κ1) is 17.1. The fourth-order valence-electron chi connectivity index (χ4n) is 1.52. The van der Waals surface area contributed by atoms with E-state index in [9.17, 15) is 13.2 Å². The summed E-state index contributed by atoms with van der Waals surface area (Å²) in [4.78, 5) is 0. The summed E-state index contributed by atoms with van der Waals surface area (Å²) in [5.74, 6) is 0. The van der Waals surface area contributed by atoms with E-state index in [0.717, 1.165) is 12.1 Å². The van der Waals surface area contributed by atoms with Gasteiger partial charge in [0, 0.05) is 5.69 Å². The molecular weight excluding hydrogens is 276 g/mol. The number of halogens is 3. The molecule has 0 aliphatic rings. The van der Waals surface area contributed by atoms with Crippen LogP contribution in [0.4, 0.5) is 35.9 Å². The topological polar surface area (TPSA) is 76.8 Å². The molecule has 0 radical (unpaired) electrons. The SMILES string of the molecule is Nc1ccc(/N=N/c2cccc(C(F)(F)F)c2)c(N)c1.[LiH]. The quantitative estimate of drug-likeness (QED) is 0.503. The molecule has 0 aliphatic carbocycles. The predicted molar refractivity (Wildman–Crippen MR) is 78.0 cm³/mol. The molecule has 0 spiro atoms. The number of benzene rings is 2. The fraction of sp³-hybridized carbons (Fsp3) is 0.0769. The average molecular weight is 288 g/mol. The van der Waals surface area contributed by atoms with E-state index in [1.807, 2.05) is 0 Å². The molecule has 0 atom stereocenters. The number of azo groups is 1. The standard InChI is InChI=1S/C13H11F3N4.Li.H/c14-13(15,16)8-2-1-3-10(6-8)19-20-12-5-4-9(17)7-11(12)18;;/h1-7H,17-18H2;;/b20-19+;;. The molecular formula is C13H12F3LiN4. The predicted octanol–water partition coefficient (Wildman–Crippen LogP) is 3.64. The van der Waals surface area contributed by atoms with Crippen LogP contribution in [0.25, 0.3) is 0 Å². The maximum atomic E-state index is 12.5. The van der Waals surface area contributed by atoms with Gasteiger partial charge in [0.1, 0.15) is 5.69 Å².